The molecule has 0 radical (unpaired) electrons. The molecule has 3 rings (SSSR count). The summed E-state index contributed by atoms with van der Waals surface area (Å²) in [7, 11) is 0. The SMILES string of the molecule is O=C(C[n+]1ccccc1)N/N=C(/Cc1ccccc1)c1ccccn1. The molecular weight excluding hydrogens is 312 g/mol. The van der Waals surface area contributed by atoms with Gasteiger partial charge in [0, 0.05) is 24.8 Å². The van der Waals surface area contributed by atoms with E-state index in [2.05, 4.69) is 15.5 Å². The van der Waals surface area contributed by atoms with Gasteiger partial charge in [0.2, 0.25) is 6.54 Å². The highest BCUT2D eigenvalue weighted by Gasteiger charge is 2.10. The Morgan fingerprint density at radius 1 is 0.960 bits per heavy atom. The number of amides is 1. The lowest BCUT2D eigenvalue weighted by Crippen LogP contribution is -2.41. The molecule has 124 valence electrons. The number of hydrogen-bond donors (Lipinski definition) is 1. The highest BCUT2D eigenvalue weighted by Crippen LogP contribution is 2.06. The molecule has 25 heavy (non-hydrogen) atoms. The molecule has 0 atom stereocenters. The van der Waals surface area contributed by atoms with Gasteiger partial charge in [0.05, 0.1) is 11.4 Å². The molecule has 0 aliphatic heterocycles. The van der Waals surface area contributed by atoms with Crippen LogP contribution in [-0.4, -0.2) is 16.6 Å². The van der Waals surface area contributed by atoms with Gasteiger partial charge >= 0.3 is 5.91 Å². The lowest BCUT2D eigenvalue weighted by molar-refractivity contribution is -0.684. The largest absolute Gasteiger partial charge is 0.305 e. The fourth-order valence-corrected chi connectivity index (χ4v) is 2.38. The van der Waals surface area contributed by atoms with Gasteiger partial charge < -0.3 is 0 Å². The maximum Gasteiger partial charge on any atom is 0.305 e. The second-order valence-corrected chi connectivity index (χ2v) is 5.52. The minimum absolute atomic E-state index is 0.183. The first-order valence-electron chi connectivity index (χ1n) is 8.06. The zero-order valence-electron chi connectivity index (χ0n) is 13.7. The van der Waals surface area contributed by atoms with Gasteiger partial charge in [0.15, 0.2) is 12.4 Å². The van der Waals surface area contributed by atoms with Crippen molar-refractivity contribution < 1.29 is 9.36 Å². The van der Waals surface area contributed by atoms with E-state index in [0.717, 1.165) is 17.0 Å². The molecule has 0 saturated carbocycles. The van der Waals surface area contributed by atoms with Gasteiger partial charge in [-0.1, -0.05) is 42.5 Å². The van der Waals surface area contributed by atoms with Crippen LogP contribution in [0.4, 0.5) is 0 Å². The zero-order valence-corrected chi connectivity index (χ0v) is 13.7. The second kappa shape index (κ2) is 8.49. The molecule has 2 heterocycles. The minimum atomic E-state index is -0.183. The maximum absolute atomic E-state index is 12.1. The molecular formula is C20H19N4O+. The van der Waals surface area contributed by atoms with E-state index < -0.39 is 0 Å². The van der Waals surface area contributed by atoms with E-state index in [1.165, 1.54) is 0 Å². The van der Waals surface area contributed by atoms with Gasteiger partial charge in [0.1, 0.15) is 0 Å². The molecule has 1 aromatic carbocycles. The monoisotopic (exact) mass is 331 g/mol. The number of rotatable bonds is 6. The fourth-order valence-electron chi connectivity index (χ4n) is 2.38. The molecule has 0 bridgehead atoms. The lowest BCUT2D eigenvalue weighted by atomic mass is 10.1. The molecule has 0 unspecified atom stereocenters. The summed E-state index contributed by atoms with van der Waals surface area (Å²) in [5, 5.41) is 4.33. The summed E-state index contributed by atoms with van der Waals surface area (Å²) in [5.74, 6) is -0.183. The maximum atomic E-state index is 12.1. The number of nitrogens with zero attached hydrogens (tertiary/aromatic N) is 3. The van der Waals surface area contributed by atoms with Crippen LogP contribution in [0.2, 0.25) is 0 Å². The topological polar surface area (TPSA) is 58.2 Å². The number of benzene rings is 1. The number of hydrogen-bond acceptors (Lipinski definition) is 3. The predicted octanol–water partition coefficient (Wildman–Crippen LogP) is 2.13. The van der Waals surface area contributed by atoms with Gasteiger partial charge in [-0.15, -0.1) is 0 Å². The number of nitrogens with one attached hydrogen (secondary N) is 1. The molecule has 5 nitrogen and oxygen atoms in total. The van der Waals surface area contributed by atoms with Gasteiger partial charge in [-0.2, -0.15) is 9.67 Å². The van der Waals surface area contributed by atoms with Crippen molar-refractivity contribution in [3.05, 3.63) is 96.6 Å². The van der Waals surface area contributed by atoms with Crippen LogP contribution in [0.3, 0.4) is 0 Å². The Hall–Kier alpha value is -3.34. The Kier molecular flexibility index (Phi) is 5.61. The summed E-state index contributed by atoms with van der Waals surface area (Å²) < 4.78 is 1.79. The molecule has 2 aromatic heterocycles. The smallest absolute Gasteiger partial charge is 0.266 e. The van der Waals surface area contributed by atoms with Crippen molar-refractivity contribution >= 4 is 11.6 Å². The van der Waals surface area contributed by atoms with Crippen molar-refractivity contribution in [1.82, 2.24) is 10.4 Å². The summed E-state index contributed by atoms with van der Waals surface area (Å²) in [5.41, 5.74) is 5.22. The Morgan fingerprint density at radius 3 is 2.40 bits per heavy atom. The molecule has 1 N–H and O–H groups in total. The molecule has 0 spiro atoms. The van der Waals surface area contributed by atoms with Crippen LogP contribution in [0.15, 0.2) is 90.4 Å². The van der Waals surface area contributed by atoms with E-state index in [1.54, 1.807) is 10.8 Å². The standard InChI is InChI=1S/C20H18N4O/c25-20(16-24-13-7-2-8-14-24)23-22-19(18-11-5-6-12-21-18)15-17-9-3-1-4-10-17/h1-14H,15-16H2/p+1. The Bertz CT molecular complexity index is 833. The summed E-state index contributed by atoms with van der Waals surface area (Å²) in [6, 6.07) is 21.3. The van der Waals surface area contributed by atoms with Gasteiger partial charge in [-0.25, -0.2) is 5.43 Å². The second-order valence-electron chi connectivity index (χ2n) is 5.52. The van der Waals surface area contributed by atoms with Gasteiger partial charge in [-0.05, 0) is 17.7 Å². The summed E-state index contributed by atoms with van der Waals surface area (Å²) >= 11 is 0. The average Bonchev–Trinajstić information content (AvgIpc) is 2.67. The van der Waals surface area contributed by atoms with Crippen molar-refractivity contribution in [2.45, 2.75) is 13.0 Å². The van der Waals surface area contributed by atoms with Gasteiger partial charge in [-0.3, -0.25) is 9.78 Å². The van der Waals surface area contributed by atoms with E-state index in [1.807, 2.05) is 79.1 Å². The van der Waals surface area contributed by atoms with Crippen molar-refractivity contribution in [2.75, 3.05) is 0 Å². The number of hydrazone groups is 1. The zero-order chi connectivity index (χ0) is 17.3. The Labute approximate surface area is 146 Å². The number of aromatic nitrogens is 2. The average molecular weight is 331 g/mol. The van der Waals surface area contributed by atoms with Crippen LogP contribution < -0.4 is 9.99 Å². The Morgan fingerprint density at radius 2 is 1.68 bits per heavy atom. The normalized spacial score (nSPS) is 11.1. The molecule has 0 aliphatic carbocycles. The quantitative estimate of drug-likeness (QED) is 0.427. The molecule has 0 saturated heterocycles. The van der Waals surface area contributed by atoms with Crippen molar-refractivity contribution in [2.24, 2.45) is 5.10 Å². The highest BCUT2D eigenvalue weighted by atomic mass is 16.2. The number of pyridine rings is 2. The van der Waals surface area contributed by atoms with Crippen LogP contribution in [0.1, 0.15) is 11.3 Å². The molecule has 0 aliphatic rings. The van der Waals surface area contributed by atoms with Crippen LogP contribution in [-0.2, 0) is 17.8 Å². The van der Waals surface area contributed by atoms with Crippen molar-refractivity contribution in [3.63, 3.8) is 0 Å². The van der Waals surface area contributed by atoms with E-state index in [4.69, 9.17) is 0 Å². The lowest BCUT2D eigenvalue weighted by Gasteiger charge is -2.06. The third-order valence-corrected chi connectivity index (χ3v) is 3.59. The third-order valence-electron chi connectivity index (χ3n) is 3.59. The highest BCUT2D eigenvalue weighted by molar-refractivity contribution is 6.00. The number of carbonyl (C=O) groups is 1. The molecule has 0 fully saturated rings. The summed E-state index contributed by atoms with van der Waals surface area (Å²) in [4.78, 5) is 16.5. The first-order chi connectivity index (χ1) is 12.3. The minimum Gasteiger partial charge on any atom is -0.266 e. The molecule has 5 heteroatoms. The van der Waals surface area contributed by atoms with Crippen LogP contribution in [0, 0.1) is 0 Å². The fraction of sp³-hybridized carbons (Fsp3) is 0.100. The molecule has 1 amide bonds. The van der Waals surface area contributed by atoms with Crippen molar-refractivity contribution in [3.8, 4) is 0 Å². The first kappa shape index (κ1) is 16.5. The number of carbonyl (C=O) groups excluding carboxylic acids is 1. The van der Waals surface area contributed by atoms with Crippen molar-refractivity contribution in [1.29, 1.82) is 0 Å². The van der Waals surface area contributed by atoms with Crippen LogP contribution >= 0.6 is 0 Å². The van der Waals surface area contributed by atoms with Crippen LogP contribution in [0.5, 0.6) is 0 Å². The predicted molar refractivity (Wildman–Crippen MR) is 95.7 cm³/mol. The van der Waals surface area contributed by atoms with Crippen LogP contribution in [0.25, 0.3) is 0 Å². The third kappa shape index (κ3) is 5.07. The first-order valence-corrected chi connectivity index (χ1v) is 8.06. The van der Waals surface area contributed by atoms with Gasteiger partial charge in [0.25, 0.3) is 0 Å². The summed E-state index contributed by atoms with van der Waals surface area (Å²) in [6.07, 6.45) is 5.99. The molecule has 3 aromatic rings. The Balaban J connectivity index is 1.74. The van der Waals surface area contributed by atoms with E-state index in [9.17, 15) is 4.79 Å². The summed E-state index contributed by atoms with van der Waals surface area (Å²) in [6.45, 7) is 0.213. The van der Waals surface area contributed by atoms with E-state index in [-0.39, 0.29) is 12.5 Å². The van der Waals surface area contributed by atoms with E-state index >= 15 is 0 Å². The van der Waals surface area contributed by atoms with E-state index in [0.29, 0.717) is 6.42 Å².